The van der Waals surface area contributed by atoms with Gasteiger partial charge in [0.05, 0.1) is 23.9 Å². The van der Waals surface area contributed by atoms with Crippen LogP contribution in [-0.4, -0.2) is 39.0 Å². The molecule has 0 aromatic rings. The fourth-order valence-electron chi connectivity index (χ4n) is 0. The molecule has 0 heterocycles. The summed E-state index contributed by atoms with van der Waals surface area (Å²) in [5.41, 5.74) is 0. The van der Waals surface area contributed by atoms with Crippen LogP contribution < -0.4 is 20.4 Å². The summed E-state index contributed by atoms with van der Waals surface area (Å²) in [6.45, 7) is 0. The molecule has 0 spiro atoms. The Labute approximate surface area is 237 Å². The van der Waals surface area contributed by atoms with Gasteiger partial charge in [-0.05, 0) is 0 Å². The van der Waals surface area contributed by atoms with Crippen molar-refractivity contribution in [3.05, 3.63) is 0 Å². The van der Waals surface area contributed by atoms with Gasteiger partial charge in [-0.1, -0.05) is 139 Å². The maximum absolute atomic E-state index is 9.51. The standard InChI is InChI=1S/4C2HCl3O2.Ti/c4*3-2(4,5)1(6)7;/h4*(H,6,7);/q;;;;+4/p-4. The third-order valence-electron chi connectivity index (χ3n) is 0.926. The van der Waals surface area contributed by atoms with E-state index in [4.69, 9.17) is 139 Å². The number of hydrogen-bond donors (Lipinski definition) is 0. The molecule has 0 atom stereocenters. The van der Waals surface area contributed by atoms with Crippen molar-refractivity contribution < 1.29 is 61.3 Å². The molecule has 168 valence electrons. The van der Waals surface area contributed by atoms with Crippen LogP contribution >= 0.6 is 139 Å². The molecule has 0 aliphatic heterocycles. The van der Waals surface area contributed by atoms with E-state index in [1.165, 1.54) is 0 Å². The van der Waals surface area contributed by atoms with Crippen molar-refractivity contribution >= 4 is 163 Å². The number of alkyl halides is 12. The fraction of sp³-hybridized carbons (Fsp3) is 0.500. The second kappa shape index (κ2) is 17.5. The Morgan fingerprint density at radius 3 is 0.414 bits per heavy atom. The summed E-state index contributed by atoms with van der Waals surface area (Å²) in [4.78, 5) is 38.1. The first kappa shape index (κ1) is 41.3. The van der Waals surface area contributed by atoms with Crippen LogP contribution in [0.4, 0.5) is 0 Å². The molecular formula is C8Cl12O8Ti. The third-order valence-corrected chi connectivity index (χ3v) is 2.78. The zero-order valence-electron chi connectivity index (χ0n) is 12.3. The van der Waals surface area contributed by atoms with E-state index < -0.39 is 39.0 Å². The summed E-state index contributed by atoms with van der Waals surface area (Å²) in [5.74, 6) is -6.84. The van der Waals surface area contributed by atoms with Gasteiger partial charge in [-0.3, -0.25) is 0 Å². The Kier molecular flexibility index (Phi) is 25.0. The van der Waals surface area contributed by atoms with Crippen LogP contribution in [0.1, 0.15) is 0 Å². The minimum Gasteiger partial charge on any atom is -0.545 e. The minimum absolute atomic E-state index is 0. The van der Waals surface area contributed by atoms with Gasteiger partial charge in [-0.25, -0.2) is 0 Å². The number of aliphatic carboxylic acids is 4. The van der Waals surface area contributed by atoms with Gasteiger partial charge < -0.3 is 39.6 Å². The van der Waals surface area contributed by atoms with Crippen LogP contribution in [0.25, 0.3) is 0 Å². The minimum atomic E-state index is -2.28. The number of halogens is 12. The van der Waals surface area contributed by atoms with Crippen LogP contribution in [0.15, 0.2) is 0 Å². The van der Waals surface area contributed by atoms with E-state index in [-0.39, 0.29) is 21.7 Å². The van der Waals surface area contributed by atoms with Gasteiger partial charge in [-0.15, -0.1) is 0 Å². The molecule has 0 aliphatic carbocycles. The normalized spacial score (nSPS) is 10.9. The number of carbonyl (C=O) groups is 4. The molecule has 0 unspecified atom stereocenters. The Balaban J connectivity index is -0.0000000873. The molecule has 0 saturated carbocycles. The number of rotatable bonds is 0. The first-order chi connectivity index (χ1) is 11.8. The van der Waals surface area contributed by atoms with E-state index in [1.54, 1.807) is 0 Å². The number of carbonyl (C=O) groups excluding carboxylic acids is 4. The van der Waals surface area contributed by atoms with Gasteiger partial charge in [0.25, 0.3) is 0 Å². The topological polar surface area (TPSA) is 161 Å². The van der Waals surface area contributed by atoms with E-state index in [0.29, 0.717) is 0 Å². The molecule has 21 heteroatoms. The van der Waals surface area contributed by atoms with Crippen LogP contribution in [0.2, 0.25) is 0 Å². The van der Waals surface area contributed by atoms with Crippen molar-refractivity contribution in [2.75, 3.05) is 0 Å². The average Bonchev–Trinajstić information content (AvgIpc) is 2.35. The maximum atomic E-state index is 9.51. The molecule has 29 heavy (non-hydrogen) atoms. The molecule has 0 amide bonds. The molecule has 0 saturated heterocycles. The van der Waals surface area contributed by atoms with Crippen molar-refractivity contribution in [3.63, 3.8) is 0 Å². The van der Waals surface area contributed by atoms with Gasteiger partial charge in [0.2, 0.25) is 15.2 Å². The predicted molar refractivity (Wildman–Crippen MR) is 101 cm³/mol. The van der Waals surface area contributed by atoms with E-state index >= 15 is 0 Å². The molecule has 0 radical (unpaired) electrons. The Morgan fingerprint density at radius 1 is 0.379 bits per heavy atom. The molecule has 0 rings (SSSR count). The smallest absolute Gasteiger partial charge is 0.545 e. The van der Waals surface area contributed by atoms with Gasteiger partial charge >= 0.3 is 21.7 Å². The van der Waals surface area contributed by atoms with Crippen molar-refractivity contribution in [2.24, 2.45) is 0 Å². The van der Waals surface area contributed by atoms with Crippen LogP contribution in [0.5, 0.6) is 0 Å². The van der Waals surface area contributed by atoms with Gasteiger partial charge in [-0.2, -0.15) is 0 Å². The van der Waals surface area contributed by atoms with Crippen LogP contribution in [0, 0.1) is 0 Å². The van der Waals surface area contributed by atoms with Crippen molar-refractivity contribution in [2.45, 2.75) is 15.2 Å². The molecule has 0 aromatic carbocycles. The molecule has 0 N–H and O–H groups in total. The zero-order chi connectivity index (χ0) is 24.3. The summed E-state index contributed by atoms with van der Waals surface area (Å²) in [6, 6.07) is 0. The summed E-state index contributed by atoms with van der Waals surface area (Å²) in [6.07, 6.45) is 0. The molecule has 0 fully saturated rings. The second-order valence-electron chi connectivity index (χ2n) is 3.14. The Bertz CT molecular complexity index is 436. The molecule has 0 bridgehead atoms. The first-order valence-electron chi connectivity index (χ1n) is 4.90. The van der Waals surface area contributed by atoms with Gasteiger partial charge in [0, 0.05) is 0 Å². The maximum Gasteiger partial charge on any atom is 4.00 e. The number of carboxylic acid groups (broad SMARTS) is 4. The van der Waals surface area contributed by atoms with Crippen molar-refractivity contribution in [1.29, 1.82) is 0 Å². The Hall–Kier alpha value is 2.07. The SMILES string of the molecule is O=C([O-])C(Cl)(Cl)Cl.O=C([O-])C(Cl)(Cl)Cl.O=C([O-])C(Cl)(Cl)Cl.O=C([O-])C(Cl)(Cl)Cl.[Ti+4]. The summed E-state index contributed by atoms with van der Waals surface area (Å²) in [5, 5.41) is 38.1. The van der Waals surface area contributed by atoms with Gasteiger partial charge in [0.15, 0.2) is 0 Å². The quantitative estimate of drug-likeness (QED) is 0.260. The largest absolute Gasteiger partial charge is 4.00 e. The fourth-order valence-corrected chi connectivity index (χ4v) is 0. The van der Waals surface area contributed by atoms with E-state index in [1.807, 2.05) is 0 Å². The third kappa shape index (κ3) is 34.9. The first-order valence-corrected chi connectivity index (χ1v) is 9.44. The monoisotopic (exact) mass is 692 g/mol. The second-order valence-corrected chi connectivity index (χ2v) is 12.3. The number of carboxylic acids is 4. The predicted octanol–water partition coefficient (Wildman–Crippen LogP) is 0.423. The van der Waals surface area contributed by atoms with Crippen molar-refractivity contribution in [1.82, 2.24) is 0 Å². The average molecular weight is 697 g/mol. The summed E-state index contributed by atoms with van der Waals surface area (Å²) < 4.78 is -9.11. The van der Waals surface area contributed by atoms with E-state index in [0.717, 1.165) is 0 Å². The zero-order valence-corrected chi connectivity index (χ0v) is 22.9. The Morgan fingerprint density at radius 2 is 0.414 bits per heavy atom. The molecule has 8 nitrogen and oxygen atoms in total. The van der Waals surface area contributed by atoms with Crippen molar-refractivity contribution in [3.8, 4) is 0 Å². The molecule has 0 aliphatic rings. The van der Waals surface area contributed by atoms with Gasteiger partial charge in [0.1, 0.15) is 0 Å². The van der Waals surface area contributed by atoms with E-state index in [2.05, 4.69) is 0 Å². The summed E-state index contributed by atoms with van der Waals surface area (Å²) in [7, 11) is 0. The van der Waals surface area contributed by atoms with Crippen LogP contribution in [0.3, 0.4) is 0 Å². The van der Waals surface area contributed by atoms with Crippen LogP contribution in [-0.2, 0) is 40.9 Å². The molecule has 0 aromatic heterocycles. The van der Waals surface area contributed by atoms with E-state index in [9.17, 15) is 39.6 Å². The molecular weight excluding hydrogens is 697 g/mol. The summed E-state index contributed by atoms with van der Waals surface area (Å²) >= 11 is 56.8. The number of hydrogen-bond acceptors (Lipinski definition) is 8.